The van der Waals surface area contributed by atoms with Gasteiger partial charge in [-0.1, -0.05) is 11.2 Å². The Bertz CT molecular complexity index is 829. The highest BCUT2D eigenvalue weighted by Gasteiger charge is 2.34. The molecular formula is C16H12FN3O2S. The van der Waals surface area contributed by atoms with Crippen molar-refractivity contribution in [1.29, 1.82) is 0 Å². The number of carbonyl (C=O) groups excluding carboxylic acids is 1. The molecule has 0 bridgehead atoms. The number of thiophene rings is 1. The fraction of sp³-hybridized carbons (Fsp3) is 0.188. The van der Waals surface area contributed by atoms with Crippen molar-refractivity contribution in [2.45, 2.75) is 12.3 Å². The zero-order valence-corrected chi connectivity index (χ0v) is 12.8. The van der Waals surface area contributed by atoms with Crippen LogP contribution in [-0.2, 0) is 4.79 Å². The number of hydrogen-bond acceptors (Lipinski definition) is 5. The van der Waals surface area contributed by atoms with E-state index < -0.39 is 0 Å². The highest BCUT2D eigenvalue weighted by Crippen LogP contribution is 2.32. The van der Waals surface area contributed by atoms with Gasteiger partial charge in [-0.25, -0.2) is 4.39 Å². The molecule has 0 aliphatic carbocycles. The van der Waals surface area contributed by atoms with E-state index >= 15 is 0 Å². The summed E-state index contributed by atoms with van der Waals surface area (Å²) in [5.74, 6) is 0.541. The largest absolute Gasteiger partial charge is 0.333 e. The molecule has 1 aromatic carbocycles. The Balaban J connectivity index is 1.55. The van der Waals surface area contributed by atoms with E-state index in [1.807, 2.05) is 17.5 Å². The lowest BCUT2D eigenvalue weighted by molar-refractivity contribution is -0.117. The number of nitrogens with zero attached hydrogens (tertiary/aromatic N) is 3. The molecule has 2 aromatic heterocycles. The number of anilines is 1. The number of halogens is 1. The van der Waals surface area contributed by atoms with E-state index in [1.54, 1.807) is 17.0 Å². The maximum Gasteiger partial charge on any atom is 0.267 e. The Morgan fingerprint density at radius 3 is 2.83 bits per heavy atom. The molecular weight excluding hydrogens is 317 g/mol. The van der Waals surface area contributed by atoms with E-state index in [4.69, 9.17) is 4.52 Å². The fourth-order valence-electron chi connectivity index (χ4n) is 2.65. The summed E-state index contributed by atoms with van der Waals surface area (Å²) in [6, 6.07) is 9.72. The molecule has 0 N–H and O–H groups in total. The van der Waals surface area contributed by atoms with Crippen LogP contribution in [0.4, 0.5) is 10.1 Å². The molecule has 0 saturated carbocycles. The molecule has 0 spiro atoms. The van der Waals surface area contributed by atoms with Gasteiger partial charge >= 0.3 is 0 Å². The van der Waals surface area contributed by atoms with Crippen molar-refractivity contribution >= 4 is 22.9 Å². The van der Waals surface area contributed by atoms with Crippen LogP contribution in [0.25, 0.3) is 10.8 Å². The summed E-state index contributed by atoms with van der Waals surface area (Å²) in [6.45, 7) is 0.466. The normalized spacial score (nSPS) is 17.9. The van der Waals surface area contributed by atoms with Gasteiger partial charge in [0.1, 0.15) is 5.82 Å². The molecule has 23 heavy (non-hydrogen) atoms. The average molecular weight is 329 g/mol. The Labute approximate surface area is 135 Å². The van der Waals surface area contributed by atoms with Crippen LogP contribution in [0.1, 0.15) is 18.2 Å². The molecule has 4 rings (SSSR count). The van der Waals surface area contributed by atoms with Crippen LogP contribution in [0.3, 0.4) is 0 Å². The third-order valence-corrected chi connectivity index (χ3v) is 4.66. The zero-order valence-electron chi connectivity index (χ0n) is 12.0. The molecule has 1 saturated heterocycles. The molecule has 3 aromatic rings. The third-order valence-electron chi connectivity index (χ3n) is 3.80. The number of benzene rings is 1. The van der Waals surface area contributed by atoms with E-state index in [9.17, 15) is 9.18 Å². The van der Waals surface area contributed by atoms with Crippen LogP contribution in [0.15, 0.2) is 46.3 Å². The van der Waals surface area contributed by atoms with Crippen molar-refractivity contribution in [3.8, 4) is 10.8 Å². The summed E-state index contributed by atoms with van der Waals surface area (Å²) in [6.07, 6.45) is 0.320. The van der Waals surface area contributed by atoms with Crippen LogP contribution in [0.2, 0.25) is 0 Å². The minimum absolute atomic E-state index is 0.0240. The Morgan fingerprint density at radius 1 is 1.26 bits per heavy atom. The molecule has 1 fully saturated rings. The number of carbonyl (C=O) groups is 1. The first-order chi connectivity index (χ1) is 11.2. The zero-order chi connectivity index (χ0) is 15.8. The molecule has 1 atom stereocenters. The lowest BCUT2D eigenvalue weighted by Crippen LogP contribution is -2.24. The van der Waals surface area contributed by atoms with Gasteiger partial charge in [0.2, 0.25) is 5.91 Å². The monoisotopic (exact) mass is 329 g/mol. The summed E-state index contributed by atoms with van der Waals surface area (Å²) in [4.78, 5) is 19.2. The maximum atomic E-state index is 13.0. The van der Waals surface area contributed by atoms with Gasteiger partial charge in [0.15, 0.2) is 5.82 Å². The molecule has 116 valence electrons. The quantitative estimate of drug-likeness (QED) is 0.738. The van der Waals surface area contributed by atoms with Crippen molar-refractivity contribution in [2.75, 3.05) is 11.4 Å². The number of amides is 1. The summed E-state index contributed by atoms with van der Waals surface area (Å²) in [7, 11) is 0. The average Bonchev–Trinajstić information content (AvgIpc) is 3.27. The lowest BCUT2D eigenvalue weighted by atomic mass is 10.1. The topological polar surface area (TPSA) is 59.2 Å². The minimum Gasteiger partial charge on any atom is -0.333 e. The Hall–Kier alpha value is -2.54. The third kappa shape index (κ3) is 2.63. The predicted octanol–water partition coefficient (Wildman–Crippen LogP) is 3.46. The predicted molar refractivity (Wildman–Crippen MR) is 83.7 cm³/mol. The summed E-state index contributed by atoms with van der Waals surface area (Å²) in [5.41, 5.74) is 0.681. The molecule has 1 unspecified atom stereocenters. The molecule has 1 aliphatic heterocycles. The Morgan fingerprint density at radius 2 is 2.09 bits per heavy atom. The first kappa shape index (κ1) is 14.1. The first-order valence-corrected chi connectivity index (χ1v) is 8.02. The summed E-state index contributed by atoms with van der Waals surface area (Å²) >= 11 is 1.52. The van der Waals surface area contributed by atoms with Gasteiger partial charge in [-0.15, -0.1) is 11.3 Å². The Kier molecular flexibility index (Phi) is 3.42. The van der Waals surface area contributed by atoms with Gasteiger partial charge in [0.05, 0.1) is 4.88 Å². The SMILES string of the molecule is O=C1CC(c2noc(-c3cccs3)n2)CN1c1ccc(F)cc1. The molecule has 3 heterocycles. The van der Waals surface area contributed by atoms with Crippen molar-refractivity contribution in [3.63, 3.8) is 0 Å². The van der Waals surface area contributed by atoms with Gasteiger partial charge in [0.25, 0.3) is 5.89 Å². The van der Waals surface area contributed by atoms with E-state index in [0.717, 1.165) is 4.88 Å². The van der Waals surface area contributed by atoms with E-state index in [1.165, 1.54) is 23.5 Å². The van der Waals surface area contributed by atoms with Crippen molar-refractivity contribution < 1.29 is 13.7 Å². The number of hydrogen-bond donors (Lipinski definition) is 0. The second-order valence-corrected chi connectivity index (χ2v) is 6.26. The lowest BCUT2D eigenvalue weighted by Gasteiger charge is -2.15. The number of rotatable bonds is 3. The second kappa shape index (κ2) is 5.58. The van der Waals surface area contributed by atoms with Crippen LogP contribution in [-0.4, -0.2) is 22.6 Å². The van der Waals surface area contributed by atoms with Crippen LogP contribution in [0.5, 0.6) is 0 Å². The molecule has 1 amide bonds. The standard InChI is InChI=1S/C16H12FN3O2S/c17-11-3-5-12(6-4-11)20-9-10(8-14(20)21)15-18-16(22-19-15)13-2-1-7-23-13/h1-7,10H,8-9H2. The maximum absolute atomic E-state index is 13.0. The van der Waals surface area contributed by atoms with Gasteiger partial charge in [-0.3, -0.25) is 4.79 Å². The van der Waals surface area contributed by atoms with Gasteiger partial charge in [-0.2, -0.15) is 4.98 Å². The van der Waals surface area contributed by atoms with Crippen LogP contribution >= 0.6 is 11.3 Å². The summed E-state index contributed by atoms with van der Waals surface area (Å²) in [5, 5.41) is 5.95. The van der Waals surface area contributed by atoms with E-state index in [2.05, 4.69) is 10.1 Å². The molecule has 7 heteroatoms. The van der Waals surface area contributed by atoms with E-state index in [0.29, 0.717) is 30.4 Å². The second-order valence-electron chi connectivity index (χ2n) is 5.32. The molecule has 0 radical (unpaired) electrons. The molecule has 5 nitrogen and oxygen atoms in total. The van der Waals surface area contributed by atoms with Gasteiger partial charge in [-0.05, 0) is 35.7 Å². The van der Waals surface area contributed by atoms with Crippen molar-refractivity contribution in [2.24, 2.45) is 0 Å². The highest BCUT2D eigenvalue weighted by atomic mass is 32.1. The van der Waals surface area contributed by atoms with Crippen LogP contribution < -0.4 is 4.90 Å². The fourth-order valence-corrected chi connectivity index (χ4v) is 3.30. The summed E-state index contributed by atoms with van der Waals surface area (Å²) < 4.78 is 18.3. The highest BCUT2D eigenvalue weighted by molar-refractivity contribution is 7.13. The smallest absolute Gasteiger partial charge is 0.267 e. The van der Waals surface area contributed by atoms with E-state index in [-0.39, 0.29) is 17.6 Å². The van der Waals surface area contributed by atoms with Crippen molar-refractivity contribution in [1.82, 2.24) is 10.1 Å². The number of aromatic nitrogens is 2. The molecule has 1 aliphatic rings. The van der Waals surface area contributed by atoms with Crippen molar-refractivity contribution in [3.05, 3.63) is 53.4 Å². The van der Waals surface area contributed by atoms with Crippen LogP contribution in [0, 0.1) is 5.82 Å². The first-order valence-electron chi connectivity index (χ1n) is 7.14. The minimum atomic E-state index is -0.323. The van der Waals surface area contributed by atoms with Gasteiger partial charge in [0, 0.05) is 24.6 Å². The van der Waals surface area contributed by atoms with Gasteiger partial charge < -0.3 is 9.42 Å².